The standard InChI is InChI=1S/C17H17BrN2O/c18-16-4-2-1-3-15(16)12-21-11-13-5-7-14(8-6-13)17-19-9-10-20-17/h1-8H,9-12H2,(H,19,20). The summed E-state index contributed by atoms with van der Waals surface area (Å²) in [5, 5.41) is 3.28. The fraction of sp³-hybridized carbons (Fsp3) is 0.235. The summed E-state index contributed by atoms with van der Waals surface area (Å²) in [6, 6.07) is 16.5. The molecule has 2 aromatic carbocycles. The van der Waals surface area contributed by atoms with E-state index < -0.39 is 0 Å². The van der Waals surface area contributed by atoms with E-state index in [9.17, 15) is 0 Å². The molecule has 0 saturated carbocycles. The lowest BCUT2D eigenvalue weighted by Gasteiger charge is -2.07. The Morgan fingerprint density at radius 1 is 1.05 bits per heavy atom. The highest BCUT2D eigenvalue weighted by Gasteiger charge is 2.07. The Balaban J connectivity index is 1.55. The highest BCUT2D eigenvalue weighted by atomic mass is 79.9. The van der Waals surface area contributed by atoms with Crippen molar-refractivity contribution in [3.05, 3.63) is 69.7 Å². The number of rotatable bonds is 5. The average molecular weight is 345 g/mol. The molecule has 0 unspecified atom stereocenters. The molecule has 1 heterocycles. The van der Waals surface area contributed by atoms with Crippen LogP contribution in [0.15, 0.2) is 58.0 Å². The second-order valence-electron chi connectivity index (χ2n) is 4.94. The predicted octanol–water partition coefficient (Wildman–Crippen LogP) is 3.52. The Morgan fingerprint density at radius 2 is 1.86 bits per heavy atom. The predicted molar refractivity (Wildman–Crippen MR) is 88.5 cm³/mol. The third kappa shape index (κ3) is 3.71. The maximum atomic E-state index is 5.78. The van der Waals surface area contributed by atoms with Gasteiger partial charge in [0.15, 0.2) is 0 Å². The van der Waals surface area contributed by atoms with Crippen molar-refractivity contribution in [3.8, 4) is 0 Å². The molecule has 4 heteroatoms. The van der Waals surface area contributed by atoms with Gasteiger partial charge < -0.3 is 10.1 Å². The van der Waals surface area contributed by atoms with E-state index in [-0.39, 0.29) is 0 Å². The molecule has 1 aliphatic heterocycles. The van der Waals surface area contributed by atoms with Crippen LogP contribution in [-0.2, 0) is 18.0 Å². The smallest absolute Gasteiger partial charge is 0.128 e. The third-order valence-electron chi connectivity index (χ3n) is 3.39. The van der Waals surface area contributed by atoms with Crippen LogP contribution in [0.4, 0.5) is 0 Å². The summed E-state index contributed by atoms with van der Waals surface area (Å²) in [7, 11) is 0. The number of hydrogen-bond donors (Lipinski definition) is 1. The van der Waals surface area contributed by atoms with Crippen molar-refractivity contribution in [2.45, 2.75) is 13.2 Å². The molecule has 2 aromatic rings. The van der Waals surface area contributed by atoms with Crippen molar-refractivity contribution in [1.29, 1.82) is 0 Å². The minimum atomic E-state index is 0.609. The fourth-order valence-corrected chi connectivity index (χ4v) is 2.64. The van der Waals surface area contributed by atoms with E-state index in [1.807, 2.05) is 18.2 Å². The van der Waals surface area contributed by atoms with Crippen molar-refractivity contribution in [1.82, 2.24) is 5.32 Å². The summed E-state index contributed by atoms with van der Waals surface area (Å²) in [5.41, 5.74) is 3.48. The van der Waals surface area contributed by atoms with Gasteiger partial charge in [-0.2, -0.15) is 0 Å². The lowest BCUT2D eigenvalue weighted by atomic mass is 10.1. The minimum Gasteiger partial charge on any atom is -0.372 e. The lowest BCUT2D eigenvalue weighted by Crippen LogP contribution is -2.19. The SMILES string of the molecule is Brc1ccccc1COCc1ccc(C2=NCCN2)cc1. The zero-order valence-corrected chi connectivity index (χ0v) is 13.3. The fourth-order valence-electron chi connectivity index (χ4n) is 2.24. The molecule has 0 fully saturated rings. The molecule has 0 aromatic heterocycles. The van der Waals surface area contributed by atoms with Crippen molar-refractivity contribution in [3.63, 3.8) is 0 Å². The average Bonchev–Trinajstić information content (AvgIpc) is 3.04. The first-order valence-corrected chi connectivity index (χ1v) is 7.81. The molecule has 0 radical (unpaired) electrons. The van der Waals surface area contributed by atoms with Gasteiger partial charge in [-0.1, -0.05) is 58.4 Å². The van der Waals surface area contributed by atoms with E-state index in [2.05, 4.69) is 56.6 Å². The van der Waals surface area contributed by atoms with E-state index in [4.69, 9.17) is 4.74 Å². The molecule has 21 heavy (non-hydrogen) atoms. The van der Waals surface area contributed by atoms with Gasteiger partial charge >= 0.3 is 0 Å². The summed E-state index contributed by atoms with van der Waals surface area (Å²) in [6.07, 6.45) is 0. The Kier molecular flexibility index (Phi) is 4.68. The van der Waals surface area contributed by atoms with Crippen LogP contribution < -0.4 is 5.32 Å². The van der Waals surface area contributed by atoms with Crippen molar-refractivity contribution < 1.29 is 4.74 Å². The molecule has 0 spiro atoms. The number of ether oxygens (including phenoxy) is 1. The highest BCUT2D eigenvalue weighted by molar-refractivity contribution is 9.10. The van der Waals surface area contributed by atoms with Crippen LogP contribution in [0.5, 0.6) is 0 Å². The molecule has 1 N–H and O–H groups in total. The third-order valence-corrected chi connectivity index (χ3v) is 4.16. The summed E-state index contributed by atoms with van der Waals surface area (Å²) in [6.45, 7) is 3.03. The van der Waals surface area contributed by atoms with Crippen molar-refractivity contribution in [2.75, 3.05) is 13.1 Å². The molecule has 108 valence electrons. The Bertz CT molecular complexity index is 637. The van der Waals surface area contributed by atoms with Gasteiger partial charge in [-0.05, 0) is 17.2 Å². The monoisotopic (exact) mass is 344 g/mol. The van der Waals surface area contributed by atoms with Crippen LogP contribution in [0.25, 0.3) is 0 Å². The molecule has 1 aliphatic rings. The summed E-state index contributed by atoms with van der Waals surface area (Å²) < 4.78 is 6.86. The maximum Gasteiger partial charge on any atom is 0.128 e. The molecule has 0 saturated heterocycles. The van der Waals surface area contributed by atoms with Crippen molar-refractivity contribution in [2.24, 2.45) is 4.99 Å². The summed E-state index contributed by atoms with van der Waals surface area (Å²) in [5.74, 6) is 0.996. The number of hydrogen-bond acceptors (Lipinski definition) is 3. The topological polar surface area (TPSA) is 33.6 Å². The van der Waals surface area contributed by atoms with E-state index >= 15 is 0 Å². The van der Waals surface area contributed by atoms with Gasteiger partial charge in [0.2, 0.25) is 0 Å². The van der Waals surface area contributed by atoms with E-state index in [1.54, 1.807) is 0 Å². The van der Waals surface area contributed by atoms with Gasteiger partial charge in [0, 0.05) is 16.6 Å². The van der Waals surface area contributed by atoms with E-state index in [0.717, 1.165) is 29.0 Å². The molecule has 0 bridgehead atoms. The molecule has 3 nitrogen and oxygen atoms in total. The molecular formula is C17H17BrN2O. The van der Waals surface area contributed by atoms with Gasteiger partial charge in [-0.25, -0.2) is 0 Å². The number of aliphatic imine (C=N–C) groups is 1. The molecular weight excluding hydrogens is 328 g/mol. The highest BCUT2D eigenvalue weighted by Crippen LogP contribution is 2.17. The van der Waals surface area contributed by atoms with E-state index in [1.165, 1.54) is 11.1 Å². The number of nitrogens with one attached hydrogen (secondary N) is 1. The Labute approximate surface area is 133 Å². The molecule has 0 aliphatic carbocycles. The quantitative estimate of drug-likeness (QED) is 0.900. The Hall–Kier alpha value is -1.65. The lowest BCUT2D eigenvalue weighted by molar-refractivity contribution is 0.107. The molecule has 0 atom stereocenters. The first-order chi connectivity index (χ1) is 10.3. The summed E-state index contributed by atoms with van der Waals surface area (Å²) >= 11 is 3.53. The zero-order chi connectivity index (χ0) is 14.5. The van der Waals surface area contributed by atoms with Gasteiger partial charge in [-0.3, -0.25) is 4.99 Å². The normalized spacial score (nSPS) is 13.9. The molecule has 0 amide bonds. The van der Waals surface area contributed by atoms with Crippen LogP contribution in [0.3, 0.4) is 0 Å². The van der Waals surface area contributed by atoms with Crippen LogP contribution in [0.1, 0.15) is 16.7 Å². The first-order valence-electron chi connectivity index (χ1n) is 7.02. The second kappa shape index (κ2) is 6.87. The second-order valence-corrected chi connectivity index (χ2v) is 5.79. The van der Waals surface area contributed by atoms with Crippen LogP contribution in [-0.4, -0.2) is 18.9 Å². The number of halogens is 1. The van der Waals surface area contributed by atoms with Gasteiger partial charge in [0.05, 0.1) is 19.8 Å². The molecule has 3 rings (SSSR count). The number of benzene rings is 2. The maximum absolute atomic E-state index is 5.78. The van der Waals surface area contributed by atoms with Crippen LogP contribution in [0.2, 0.25) is 0 Å². The van der Waals surface area contributed by atoms with Gasteiger partial charge in [0.1, 0.15) is 5.84 Å². The van der Waals surface area contributed by atoms with E-state index in [0.29, 0.717) is 13.2 Å². The zero-order valence-electron chi connectivity index (χ0n) is 11.7. The Morgan fingerprint density at radius 3 is 2.57 bits per heavy atom. The van der Waals surface area contributed by atoms with Crippen LogP contribution in [0, 0.1) is 0 Å². The van der Waals surface area contributed by atoms with Gasteiger partial charge in [0.25, 0.3) is 0 Å². The van der Waals surface area contributed by atoms with Crippen molar-refractivity contribution >= 4 is 21.8 Å². The number of amidine groups is 1. The number of nitrogens with zero attached hydrogens (tertiary/aromatic N) is 1. The minimum absolute atomic E-state index is 0.609. The largest absolute Gasteiger partial charge is 0.372 e. The van der Waals surface area contributed by atoms with Gasteiger partial charge in [-0.15, -0.1) is 0 Å². The summed E-state index contributed by atoms with van der Waals surface area (Å²) in [4.78, 5) is 4.42. The first kappa shape index (κ1) is 14.3. The van der Waals surface area contributed by atoms with Crippen LogP contribution >= 0.6 is 15.9 Å².